The molecule has 0 aromatic heterocycles. The van der Waals surface area contributed by atoms with Crippen LogP contribution in [-0.4, -0.2) is 19.6 Å². The first-order valence-corrected chi connectivity index (χ1v) is 3.83. The summed E-state index contributed by atoms with van der Waals surface area (Å²) in [6, 6.07) is 3.04. The highest BCUT2D eigenvalue weighted by molar-refractivity contribution is 5.18. The Balaban J connectivity index is 2.24. The van der Waals surface area contributed by atoms with Crippen molar-refractivity contribution in [3.8, 4) is 0 Å². The quantitative estimate of drug-likeness (QED) is 0.683. The summed E-state index contributed by atoms with van der Waals surface area (Å²) in [5, 5.41) is 2.67. The van der Waals surface area contributed by atoms with Crippen LogP contribution in [0.5, 0.6) is 0 Å². The lowest BCUT2D eigenvalue weighted by Crippen LogP contribution is -2.33. The van der Waals surface area contributed by atoms with Crippen LogP contribution in [0.15, 0.2) is 30.3 Å². The molecule has 1 aromatic carbocycles. The second kappa shape index (κ2) is 3.70. The monoisotopic (exact) mass is 168 g/mol. The Morgan fingerprint density at radius 2 is 2.42 bits per heavy atom. The predicted molar refractivity (Wildman–Crippen MR) is 48.0 cm³/mol. The molecule has 0 spiro atoms. The molecule has 1 heterocycles. The van der Waals surface area contributed by atoms with Gasteiger partial charge in [0.1, 0.15) is 0 Å². The van der Waals surface area contributed by atoms with Crippen molar-refractivity contribution < 1.29 is 11.6 Å². The van der Waals surface area contributed by atoms with Gasteiger partial charge in [-0.25, -0.2) is 0 Å². The molecule has 2 heteroatoms. The van der Waals surface area contributed by atoms with Gasteiger partial charge in [-0.3, -0.25) is 0 Å². The molecule has 2 nitrogen and oxygen atoms in total. The Kier molecular flexibility index (Phi) is 1.20. The minimum absolute atomic E-state index is 0.0942. The maximum Gasteiger partial charge on any atom is 0.0949 e. The van der Waals surface area contributed by atoms with E-state index in [1.165, 1.54) is 12.1 Å². The van der Waals surface area contributed by atoms with Crippen LogP contribution < -0.4 is 5.32 Å². The molecule has 1 aliphatic rings. The van der Waals surface area contributed by atoms with Gasteiger partial charge in [0.25, 0.3) is 0 Å². The predicted octanol–water partition coefficient (Wildman–Crippen LogP) is 1.35. The molecule has 64 valence electrons. The van der Waals surface area contributed by atoms with E-state index in [1.54, 1.807) is 0 Å². The Morgan fingerprint density at radius 3 is 3.08 bits per heavy atom. The van der Waals surface area contributed by atoms with Crippen molar-refractivity contribution in [3.63, 3.8) is 0 Å². The Bertz CT molecular complexity index is 404. The molecule has 1 unspecified atom stereocenters. The number of benzene rings is 1. The van der Waals surface area contributed by atoms with Gasteiger partial charge in [0.15, 0.2) is 0 Å². The molecule has 0 amide bonds. The SMILES string of the molecule is [2H]c1cc([2H])c(C2CNC([2H])([2H])CO2)c([2H])c1. The summed E-state index contributed by atoms with van der Waals surface area (Å²) in [4.78, 5) is 0. The molecule has 1 aliphatic heterocycles. The average Bonchev–Trinajstić information content (AvgIpc) is 2.19. The van der Waals surface area contributed by atoms with E-state index in [0.717, 1.165) is 0 Å². The zero-order valence-electron chi connectivity index (χ0n) is 11.6. The van der Waals surface area contributed by atoms with Crippen molar-refractivity contribution in [3.05, 3.63) is 35.8 Å². The molecule has 1 atom stereocenters. The highest BCUT2D eigenvalue weighted by Crippen LogP contribution is 2.17. The van der Waals surface area contributed by atoms with Gasteiger partial charge in [-0.1, -0.05) is 30.3 Å². The highest BCUT2D eigenvalue weighted by Gasteiger charge is 2.14. The van der Waals surface area contributed by atoms with Gasteiger partial charge in [-0.2, -0.15) is 0 Å². The lowest BCUT2D eigenvalue weighted by molar-refractivity contribution is 0.0277. The third-order valence-electron chi connectivity index (χ3n) is 1.71. The maximum atomic E-state index is 7.75. The first-order chi connectivity index (χ1) is 7.89. The van der Waals surface area contributed by atoms with E-state index in [0.29, 0.717) is 5.56 Å². The molecule has 1 saturated heterocycles. The summed E-state index contributed by atoms with van der Waals surface area (Å²) in [6.07, 6.45) is -0.501. The Morgan fingerprint density at radius 1 is 1.58 bits per heavy atom. The van der Waals surface area contributed by atoms with Crippen molar-refractivity contribution in [2.45, 2.75) is 6.10 Å². The summed E-state index contributed by atoms with van der Waals surface area (Å²) < 4.78 is 43.1. The fourth-order valence-corrected chi connectivity index (χ4v) is 1.11. The van der Waals surface area contributed by atoms with Crippen molar-refractivity contribution in [1.82, 2.24) is 5.32 Å². The molecule has 0 bridgehead atoms. The number of ether oxygens (including phenoxy) is 1. The van der Waals surface area contributed by atoms with Crippen LogP contribution in [0, 0.1) is 0 Å². The number of hydrogen-bond acceptors (Lipinski definition) is 2. The third kappa shape index (κ3) is 1.65. The summed E-state index contributed by atoms with van der Waals surface area (Å²) in [5.74, 6) is 0. The van der Waals surface area contributed by atoms with Gasteiger partial charge in [0, 0.05) is 15.8 Å². The molecule has 0 saturated carbocycles. The first-order valence-electron chi connectivity index (χ1n) is 6.33. The first kappa shape index (κ1) is 3.90. The Labute approximate surface area is 79.6 Å². The maximum absolute atomic E-state index is 7.75. The van der Waals surface area contributed by atoms with Crippen molar-refractivity contribution in [2.75, 3.05) is 19.6 Å². The van der Waals surface area contributed by atoms with Crippen LogP contribution >= 0.6 is 0 Å². The molecule has 2 rings (SSSR count). The molecule has 0 aliphatic carbocycles. The number of nitrogens with one attached hydrogen (secondary N) is 1. The number of morpholine rings is 1. The van der Waals surface area contributed by atoms with Crippen LogP contribution in [0.4, 0.5) is 0 Å². The largest absolute Gasteiger partial charge is 0.371 e. The van der Waals surface area contributed by atoms with E-state index in [4.69, 9.17) is 11.6 Å². The minimum atomic E-state index is -1.56. The lowest BCUT2D eigenvalue weighted by atomic mass is 10.1. The van der Waals surface area contributed by atoms with E-state index >= 15 is 0 Å². The van der Waals surface area contributed by atoms with Gasteiger partial charge in [0.05, 0.1) is 16.8 Å². The molecule has 1 aromatic rings. The second-order valence-electron chi connectivity index (χ2n) is 2.52. The van der Waals surface area contributed by atoms with Gasteiger partial charge in [-0.05, 0) is 5.56 Å². The van der Waals surface area contributed by atoms with Crippen LogP contribution in [0.25, 0.3) is 0 Å². The summed E-state index contributed by atoms with van der Waals surface area (Å²) in [6.45, 7) is -1.45. The highest BCUT2D eigenvalue weighted by atomic mass is 16.5. The standard InChI is InChI=1S/C10H13NO/c1-2-4-9(5-3-1)10-8-11-6-7-12-10/h1-5,10-11H,6-8H2/i1D,4D,5D,6D2. The normalized spacial score (nSPS) is 34.0. The van der Waals surface area contributed by atoms with Gasteiger partial charge in [-0.15, -0.1) is 0 Å². The van der Waals surface area contributed by atoms with Crippen molar-refractivity contribution in [2.24, 2.45) is 0 Å². The van der Waals surface area contributed by atoms with E-state index in [9.17, 15) is 0 Å². The topological polar surface area (TPSA) is 21.3 Å². The molecule has 12 heavy (non-hydrogen) atoms. The van der Waals surface area contributed by atoms with E-state index in [-0.39, 0.29) is 31.3 Å². The zero-order chi connectivity index (χ0) is 12.6. The van der Waals surface area contributed by atoms with Crippen LogP contribution in [0.1, 0.15) is 18.5 Å². The minimum Gasteiger partial charge on any atom is -0.371 e. The molecule has 0 radical (unpaired) electrons. The molecule has 1 fully saturated rings. The van der Waals surface area contributed by atoms with Crippen LogP contribution in [-0.2, 0) is 4.74 Å². The smallest absolute Gasteiger partial charge is 0.0949 e. The summed E-state index contributed by atoms with van der Waals surface area (Å²) in [7, 11) is 0. The van der Waals surface area contributed by atoms with Crippen LogP contribution in [0.2, 0.25) is 0 Å². The van der Waals surface area contributed by atoms with Gasteiger partial charge >= 0.3 is 0 Å². The molecular weight excluding hydrogens is 150 g/mol. The van der Waals surface area contributed by atoms with Gasteiger partial charge < -0.3 is 10.1 Å². The number of rotatable bonds is 1. The third-order valence-corrected chi connectivity index (χ3v) is 1.71. The fraction of sp³-hybridized carbons (Fsp3) is 0.400. The van der Waals surface area contributed by atoms with Crippen LogP contribution in [0.3, 0.4) is 0 Å². The summed E-state index contributed by atoms with van der Waals surface area (Å²) >= 11 is 0. The number of hydrogen-bond donors (Lipinski definition) is 1. The van der Waals surface area contributed by atoms with Crippen molar-refractivity contribution >= 4 is 0 Å². The van der Waals surface area contributed by atoms with Crippen molar-refractivity contribution in [1.29, 1.82) is 0 Å². The fourth-order valence-electron chi connectivity index (χ4n) is 1.11. The second-order valence-corrected chi connectivity index (χ2v) is 2.52. The van der Waals surface area contributed by atoms with E-state index < -0.39 is 12.6 Å². The zero-order valence-corrected chi connectivity index (χ0v) is 6.55. The molecule has 1 N–H and O–H groups in total. The Hall–Kier alpha value is -0.860. The molecular formula is C10H13NO. The van der Waals surface area contributed by atoms with E-state index in [2.05, 4.69) is 5.32 Å². The average molecular weight is 168 g/mol. The van der Waals surface area contributed by atoms with E-state index in [1.807, 2.05) is 0 Å². The lowest BCUT2D eigenvalue weighted by Gasteiger charge is -2.23. The van der Waals surface area contributed by atoms with Gasteiger partial charge in [0.2, 0.25) is 0 Å². The summed E-state index contributed by atoms with van der Waals surface area (Å²) in [5.41, 5.74) is 0.406.